The molecule has 0 aliphatic carbocycles. The number of nitrogens with zero attached hydrogens (tertiary/aromatic N) is 3. The standard InChI is InChI=1S/C28H25FN4OS/c1-4-19-6-5-7-23(16-19)33-18(3)24(25(30-28(33)35)20-12-14-22(29)15-13-20)27-31-26(32-34-27)21-10-8-17(2)9-11-21/h5-16,25H,4H2,1-3H3,(H,30,35). The van der Waals surface area contributed by atoms with Crippen molar-refractivity contribution in [3.8, 4) is 11.4 Å². The summed E-state index contributed by atoms with van der Waals surface area (Å²) in [6.07, 6.45) is 0.916. The lowest BCUT2D eigenvalue weighted by atomic mass is 9.94. The van der Waals surface area contributed by atoms with Gasteiger partial charge in [0.1, 0.15) is 5.82 Å². The second-order valence-electron chi connectivity index (χ2n) is 8.58. The minimum absolute atomic E-state index is 0.299. The highest BCUT2D eigenvalue weighted by atomic mass is 32.1. The average molecular weight is 485 g/mol. The lowest BCUT2D eigenvalue weighted by Crippen LogP contribution is -2.46. The summed E-state index contributed by atoms with van der Waals surface area (Å²) in [5, 5.41) is 8.22. The highest BCUT2D eigenvalue weighted by Crippen LogP contribution is 2.39. The van der Waals surface area contributed by atoms with Gasteiger partial charge in [-0.25, -0.2) is 4.39 Å². The van der Waals surface area contributed by atoms with Crippen molar-refractivity contribution in [3.63, 3.8) is 0 Å². The van der Waals surface area contributed by atoms with Crippen LogP contribution in [0.2, 0.25) is 0 Å². The SMILES string of the molecule is CCc1cccc(N2C(=S)NC(c3ccc(F)cc3)C(c3nc(-c4ccc(C)cc4)no3)=C2C)c1. The summed E-state index contributed by atoms with van der Waals surface area (Å²) in [6, 6.07) is 22.2. The van der Waals surface area contributed by atoms with E-state index in [4.69, 9.17) is 21.7 Å². The largest absolute Gasteiger partial charge is 0.351 e. The first-order valence-electron chi connectivity index (χ1n) is 11.5. The first kappa shape index (κ1) is 22.9. The maximum atomic E-state index is 13.7. The Labute approximate surface area is 209 Å². The summed E-state index contributed by atoms with van der Waals surface area (Å²) in [5.41, 5.74) is 6.69. The van der Waals surface area contributed by atoms with E-state index in [0.29, 0.717) is 16.8 Å². The van der Waals surface area contributed by atoms with Crippen molar-refractivity contribution in [2.45, 2.75) is 33.2 Å². The molecule has 1 atom stereocenters. The van der Waals surface area contributed by atoms with Gasteiger partial charge in [0.15, 0.2) is 5.11 Å². The molecule has 0 spiro atoms. The lowest BCUT2D eigenvalue weighted by Gasteiger charge is -2.37. The van der Waals surface area contributed by atoms with Gasteiger partial charge >= 0.3 is 0 Å². The first-order chi connectivity index (χ1) is 16.9. The molecule has 1 N–H and O–H groups in total. The smallest absolute Gasteiger partial charge is 0.258 e. The number of benzene rings is 3. The van der Waals surface area contributed by atoms with E-state index in [2.05, 4.69) is 29.5 Å². The van der Waals surface area contributed by atoms with Gasteiger partial charge < -0.3 is 9.84 Å². The van der Waals surface area contributed by atoms with Gasteiger partial charge in [-0.05, 0) is 67.9 Å². The zero-order valence-corrected chi connectivity index (χ0v) is 20.6. The topological polar surface area (TPSA) is 54.2 Å². The molecule has 4 aromatic rings. The van der Waals surface area contributed by atoms with Gasteiger partial charge in [-0.1, -0.05) is 66.2 Å². The van der Waals surface area contributed by atoms with Gasteiger partial charge in [-0.2, -0.15) is 4.98 Å². The molecule has 1 aromatic heterocycles. The van der Waals surface area contributed by atoms with Crippen LogP contribution in [-0.4, -0.2) is 15.3 Å². The summed E-state index contributed by atoms with van der Waals surface area (Å²) in [5.74, 6) is 0.594. The number of hydrogen-bond donors (Lipinski definition) is 1. The fraction of sp³-hybridized carbons (Fsp3) is 0.179. The number of allylic oxidation sites excluding steroid dienone is 1. The molecule has 0 saturated carbocycles. The van der Waals surface area contributed by atoms with Gasteiger partial charge in [-0.3, -0.25) is 4.90 Å². The summed E-state index contributed by atoms with van der Waals surface area (Å²) < 4.78 is 19.5. The maximum Gasteiger partial charge on any atom is 0.258 e. The summed E-state index contributed by atoms with van der Waals surface area (Å²) >= 11 is 5.81. The number of aryl methyl sites for hydroxylation is 2. The molecule has 1 aliphatic heterocycles. The van der Waals surface area contributed by atoms with Gasteiger partial charge in [0, 0.05) is 16.9 Å². The molecule has 0 amide bonds. The normalized spacial score (nSPS) is 15.9. The van der Waals surface area contributed by atoms with Crippen molar-refractivity contribution in [2.24, 2.45) is 0 Å². The molecular formula is C28H25FN4OS. The third-order valence-corrected chi connectivity index (χ3v) is 6.53. The summed E-state index contributed by atoms with van der Waals surface area (Å²) in [7, 11) is 0. The molecule has 3 aromatic carbocycles. The van der Waals surface area contributed by atoms with Gasteiger partial charge in [0.2, 0.25) is 5.82 Å². The highest BCUT2D eigenvalue weighted by molar-refractivity contribution is 7.80. The van der Waals surface area contributed by atoms with Gasteiger partial charge in [0.25, 0.3) is 5.89 Å². The number of nitrogens with one attached hydrogen (secondary N) is 1. The second-order valence-corrected chi connectivity index (χ2v) is 8.97. The van der Waals surface area contributed by atoms with Crippen LogP contribution in [0, 0.1) is 12.7 Å². The lowest BCUT2D eigenvalue weighted by molar-refractivity contribution is 0.404. The van der Waals surface area contributed by atoms with Crippen molar-refractivity contribution < 1.29 is 8.91 Å². The van der Waals surface area contributed by atoms with E-state index in [-0.39, 0.29) is 11.9 Å². The van der Waals surface area contributed by atoms with E-state index >= 15 is 0 Å². The molecule has 5 nitrogen and oxygen atoms in total. The number of halogens is 1. The number of anilines is 1. The minimum atomic E-state index is -0.375. The Bertz CT molecular complexity index is 1410. The Morgan fingerprint density at radius 3 is 2.49 bits per heavy atom. The van der Waals surface area contributed by atoms with Crippen LogP contribution in [0.1, 0.15) is 42.5 Å². The molecule has 5 rings (SSSR count). The summed E-state index contributed by atoms with van der Waals surface area (Å²) in [4.78, 5) is 6.73. The predicted octanol–water partition coefficient (Wildman–Crippen LogP) is 6.61. The third-order valence-electron chi connectivity index (χ3n) is 6.23. The van der Waals surface area contributed by atoms with E-state index in [1.807, 2.05) is 55.1 Å². The van der Waals surface area contributed by atoms with Crippen LogP contribution in [-0.2, 0) is 6.42 Å². The molecule has 7 heteroatoms. The molecule has 2 heterocycles. The predicted molar refractivity (Wildman–Crippen MR) is 140 cm³/mol. The first-order valence-corrected chi connectivity index (χ1v) is 11.9. The number of hydrogen-bond acceptors (Lipinski definition) is 4. The van der Waals surface area contributed by atoms with Gasteiger partial charge in [-0.15, -0.1) is 0 Å². The zero-order valence-electron chi connectivity index (χ0n) is 19.7. The second kappa shape index (κ2) is 9.43. The van der Waals surface area contributed by atoms with Crippen LogP contribution in [0.15, 0.2) is 83.0 Å². The highest BCUT2D eigenvalue weighted by Gasteiger charge is 2.34. The Kier molecular flexibility index (Phi) is 6.17. The fourth-order valence-electron chi connectivity index (χ4n) is 4.30. The van der Waals surface area contributed by atoms with Crippen LogP contribution in [0.3, 0.4) is 0 Å². The van der Waals surface area contributed by atoms with Gasteiger partial charge in [0.05, 0.1) is 11.6 Å². The molecule has 0 bridgehead atoms. The monoisotopic (exact) mass is 484 g/mol. The van der Waals surface area contributed by atoms with E-state index in [9.17, 15) is 4.39 Å². The summed E-state index contributed by atoms with van der Waals surface area (Å²) in [6.45, 7) is 6.15. The molecular weight excluding hydrogens is 459 g/mol. The molecule has 35 heavy (non-hydrogen) atoms. The van der Waals surface area contributed by atoms with Crippen LogP contribution < -0.4 is 10.2 Å². The van der Waals surface area contributed by atoms with Crippen molar-refractivity contribution in [1.82, 2.24) is 15.5 Å². The van der Waals surface area contributed by atoms with E-state index in [0.717, 1.165) is 40.1 Å². The third kappa shape index (κ3) is 4.47. The molecule has 0 fully saturated rings. The quantitative estimate of drug-likeness (QED) is 0.322. The van der Waals surface area contributed by atoms with E-state index < -0.39 is 0 Å². The van der Waals surface area contributed by atoms with Crippen LogP contribution in [0.5, 0.6) is 0 Å². The Morgan fingerprint density at radius 1 is 1.03 bits per heavy atom. The Morgan fingerprint density at radius 2 is 1.77 bits per heavy atom. The molecule has 0 saturated heterocycles. The molecule has 1 unspecified atom stereocenters. The average Bonchev–Trinajstić information content (AvgIpc) is 3.34. The van der Waals surface area contributed by atoms with Crippen molar-refractivity contribution in [1.29, 1.82) is 0 Å². The van der Waals surface area contributed by atoms with Crippen molar-refractivity contribution in [3.05, 3.63) is 107 Å². The van der Waals surface area contributed by atoms with Crippen molar-refractivity contribution in [2.75, 3.05) is 4.90 Å². The van der Waals surface area contributed by atoms with Crippen molar-refractivity contribution >= 4 is 28.6 Å². The van der Waals surface area contributed by atoms with E-state index in [1.165, 1.54) is 17.7 Å². The Balaban J connectivity index is 1.65. The maximum absolute atomic E-state index is 13.7. The Hall–Kier alpha value is -3.84. The van der Waals surface area contributed by atoms with Crippen LogP contribution in [0.4, 0.5) is 10.1 Å². The fourth-order valence-corrected chi connectivity index (χ4v) is 4.66. The number of rotatable bonds is 5. The van der Waals surface area contributed by atoms with Crippen LogP contribution in [0.25, 0.3) is 17.0 Å². The molecule has 1 aliphatic rings. The van der Waals surface area contributed by atoms with Crippen LogP contribution >= 0.6 is 12.2 Å². The number of aromatic nitrogens is 2. The van der Waals surface area contributed by atoms with E-state index in [1.54, 1.807) is 12.1 Å². The minimum Gasteiger partial charge on any atom is -0.351 e. The molecule has 0 radical (unpaired) electrons. The zero-order chi connectivity index (χ0) is 24.5. The number of thiocarbonyl (C=S) groups is 1. The molecule has 176 valence electrons.